The van der Waals surface area contributed by atoms with Crippen LogP contribution in [0.4, 0.5) is 0 Å². The van der Waals surface area contributed by atoms with Crippen LogP contribution in [0.25, 0.3) is 0 Å². The Morgan fingerprint density at radius 2 is 2.33 bits per heavy atom. The molecule has 0 aliphatic heterocycles. The van der Waals surface area contributed by atoms with Gasteiger partial charge in [0.15, 0.2) is 4.47 Å². The summed E-state index contributed by atoms with van der Waals surface area (Å²) in [6.07, 6.45) is 2.08. The van der Waals surface area contributed by atoms with Crippen molar-refractivity contribution in [3.63, 3.8) is 0 Å². The van der Waals surface area contributed by atoms with Crippen LogP contribution in [-0.4, -0.2) is 16.1 Å². The van der Waals surface area contributed by atoms with E-state index < -0.39 is 5.97 Å². The van der Waals surface area contributed by atoms with E-state index in [0.29, 0.717) is 21.0 Å². The van der Waals surface area contributed by atoms with Crippen LogP contribution in [0.2, 0.25) is 4.47 Å². The number of carboxylic acid groups (broad SMARTS) is 1. The number of aromatic nitrogens is 1. The fourth-order valence-corrected chi connectivity index (χ4v) is 2.13. The number of rotatable bonds is 2. The van der Waals surface area contributed by atoms with Gasteiger partial charge in [0, 0.05) is 5.92 Å². The summed E-state index contributed by atoms with van der Waals surface area (Å²) in [5, 5.41) is 8.77. The van der Waals surface area contributed by atoms with E-state index in [2.05, 4.69) is 4.98 Å². The van der Waals surface area contributed by atoms with Gasteiger partial charge in [-0.05, 0) is 12.8 Å². The van der Waals surface area contributed by atoms with Gasteiger partial charge in [0.2, 0.25) is 0 Å². The van der Waals surface area contributed by atoms with E-state index >= 15 is 0 Å². The molecule has 3 nitrogen and oxygen atoms in total. The van der Waals surface area contributed by atoms with E-state index in [1.54, 1.807) is 0 Å². The van der Waals surface area contributed by atoms with Crippen LogP contribution in [0.3, 0.4) is 0 Å². The number of aromatic carboxylic acids is 1. The average molecular weight is 204 g/mol. The number of carbonyl (C=O) groups is 1. The molecular weight excluding hydrogens is 198 g/mol. The second kappa shape index (κ2) is 2.71. The SMILES string of the molecule is O=C(O)c1sc(Cl)nc1C1CC1. The van der Waals surface area contributed by atoms with Gasteiger partial charge in [-0.1, -0.05) is 22.9 Å². The van der Waals surface area contributed by atoms with Gasteiger partial charge in [0.25, 0.3) is 0 Å². The van der Waals surface area contributed by atoms with Crippen molar-refractivity contribution >= 4 is 28.9 Å². The summed E-state index contributed by atoms with van der Waals surface area (Å²) >= 11 is 6.67. The van der Waals surface area contributed by atoms with E-state index in [0.717, 1.165) is 24.2 Å². The summed E-state index contributed by atoms with van der Waals surface area (Å²) in [7, 11) is 0. The number of hydrogen-bond acceptors (Lipinski definition) is 3. The van der Waals surface area contributed by atoms with Crippen LogP contribution >= 0.6 is 22.9 Å². The third-order valence-corrected chi connectivity index (χ3v) is 2.95. The molecule has 0 amide bonds. The first kappa shape index (κ1) is 8.01. The number of hydrogen-bond donors (Lipinski definition) is 1. The normalized spacial score (nSPS) is 16.4. The van der Waals surface area contributed by atoms with E-state index in [1.807, 2.05) is 0 Å². The first-order valence-corrected chi connectivity index (χ1v) is 4.77. The summed E-state index contributed by atoms with van der Waals surface area (Å²) in [5.41, 5.74) is 0.678. The molecular formula is C7H6ClNO2S. The standard InChI is InChI=1S/C7H6ClNO2S/c8-7-9-4(3-1-2-3)5(12-7)6(10)11/h3H,1-2H2,(H,10,11). The molecule has 1 aliphatic carbocycles. The molecule has 0 bridgehead atoms. The summed E-state index contributed by atoms with van der Waals surface area (Å²) in [5.74, 6) is -0.568. The minimum atomic E-state index is -0.915. The zero-order valence-electron chi connectivity index (χ0n) is 6.08. The molecule has 1 aromatic heterocycles. The lowest BCUT2D eigenvalue weighted by atomic mass is 10.2. The van der Waals surface area contributed by atoms with Gasteiger partial charge in [-0.25, -0.2) is 9.78 Å². The van der Waals surface area contributed by atoms with Crippen molar-refractivity contribution in [2.45, 2.75) is 18.8 Å². The molecule has 1 fully saturated rings. The molecule has 5 heteroatoms. The fourth-order valence-electron chi connectivity index (χ4n) is 1.09. The Balaban J connectivity index is 2.43. The van der Waals surface area contributed by atoms with Crippen LogP contribution < -0.4 is 0 Å². The Morgan fingerprint density at radius 3 is 2.83 bits per heavy atom. The second-order valence-electron chi connectivity index (χ2n) is 2.76. The molecule has 0 radical (unpaired) electrons. The summed E-state index contributed by atoms with van der Waals surface area (Å²) in [4.78, 5) is 15.0. The largest absolute Gasteiger partial charge is 0.477 e. The molecule has 12 heavy (non-hydrogen) atoms. The van der Waals surface area contributed by atoms with E-state index in [4.69, 9.17) is 16.7 Å². The quantitative estimate of drug-likeness (QED) is 0.803. The van der Waals surface area contributed by atoms with E-state index in [9.17, 15) is 4.79 Å². The number of thiazole rings is 1. The minimum Gasteiger partial charge on any atom is -0.477 e. The Kier molecular flexibility index (Phi) is 1.81. The molecule has 0 aromatic carbocycles. The van der Waals surface area contributed by atoms with Gasteiger partial charge >= 0.3 is 5.97 Å². The third-order valence-electron chi connectivity index (χ3n) is 1.79. The van der Waals surface area contributed by atoms with Crippen LogP contribution in [-0.2, 0) is 0 Å². The minimum absolute atomic E-state index is 0.308. The highest BCUT2D eigenvalue weighted by atomic mass is 35.5. The van der Waals surface area contributed by atoms with Crippen LogP contribution in [0.5, 0.6) is 0 Å². The molecule has 2 rings (SSSR count). The summed E-state index contributed by atoms with van der Waals surface area (Å²) in [6.45, 7) is 0. The third kappa shape index (κ3) is 1.32. The molecule has 64 valence electrons. The maximum absolute atomic E-state index is 10.7. The smallest absolute Gasteiger partial charge is 0.347 e. The maximum atomic E-state index is 10.7. The lowest BCUT2D eigenvalue weighted by Crippen LogP contribution is -1.97. The zero-order valence-corrected chi connectivity index (χ0v) is 7.65. The van der Waals surface area contributed by atoms with Crippen LogP contribution in [0.1, 0.15) is 34.1 Å². The predicted octanol–water partition coefficient (Wildman–Crippen LogP) is 2.37. The predicted molar refractivity (Wildman–Crippen MR) is 46.1 cm³/mol. The molecule has 1 N–H and O–H groups in total. The van der Waals surface area contributed by atoms with E-state index in [1.165, 1.54) is 0 Å². The Hall–Kier alpha value is -0.610. The Bertz CT molecular complexity index is 332. The average Bonchev–Trinajstić information content (AvgIpc) is 2.75. The van der Waals surface area contributed by atoms with Crippen molar-refractivity contribution < 1.29 is 9.90 Å². The molecule has 0 saturated heterocycles. The molecule has 1 aliphatic rings. The molecule has 1 saturated carbocycles. The Labute approximate surface area is 78.0 Å². The zero-order chi connectivity index (χ0) is 8.72. The Morgan fingerprint density at radius 1 is 1.67 bits per heavy atom. The van der Waals surface area contributed by atoms with Gasteiger partial charge in [-0.15, -0.1) is 0 Å². The molecule has 0 spiro atoms. The summed E-state index contributed by atoms with van der Waals surface area (Å²) < 4.78 is 0.328. The molecule has 0 atom stereocenters. The lowest BCUT2D eigenvalue weighted by molar-refractivity contribution is 0.0700. The van der Waals surface area contributed by atoms with Crippen molar-refractivity contribution in [3.8, 4) is 0 Å². The van der Waals surface area contributed by atoms with Gasteiger partial charge in [-0.3, -0.25) is 0 Å². The van der Waals surface area contributed by atoms with Crippen molar-refractivity contribution in [3.05, 3.63) is 15.0 Å². The van der Waals surface area contributed by atoms with Crippen molar-refractivity contribution in [2.75, 3.05) is 0 Å². The van der Waals surface area contributed by atoms with Gasteiger partial charge in [0.1, 0.15) is 4.88 Å². The first-order valence-electron chi connectivity index (χ1n) is 3.58. The van der Waals surface area contributed by atoms with Crippen LogP contribution in [0, 0.1) is 0 Å². The van der Waals surface area contributed by atoms with Crippen molar-refractivity contribution in [1.29, 1.82) is 0 Å². The lowest BCUT2D eigenvalue weighted by Gasteiger charge is -1.91. The number of halogens is 1. The maximum Gasteiger partial charge on any atom is 0.347 e. The van der Waals surface area contributed by atoms with E-state index in [-0.39, 0.29) is 0 Å². The highest BCUT2D eigenvalue weighted by molar-refractivity contribution is 7.17. The topological polar surface area (TPSA) is 50.2 Å². The summed E-state index contributed by atoms with van der Waals surface area (Å²) in [6, 6.07) is 0. The fraction of sp³-hybridized carbons (Fsp3) is 0.429. The molecule has 0 unspecified atom stereocenters. The van der Waals surface area contributed by atoms with Gasteiger partial charge in [0.05, 0.1) is 5.69 Å². The monoisotopic (exact) mass is 203 g/mol. The van der Waals surface area contributed by atoms with Gasteiger partial charge in [-0.2, -0.15) is 0 Å². The van der Waals surface area contributed by atoms with Crippen LogP contribution in [0.15, 0.2) is 0 Å². The first-order chi connectivity index (χ1) is 5.68. The molecule has 1 heterocycles. The number of nitrogens with zero attached hydrogens (tertiary/aromatic N) is 1. The second-order valence-corrected chi connectivity index (χ2v) is 4.34. The van der Waals surface area contributed by atoms with Crippen molar-refractivity contribution in [1.82, 2.24) is 4.98 Å². The van der Waals surface area contributed by atoms with Gasteiger partial charge < -0.3 is 5.11 Å². The highest BCUT2D eigenvalue weighted by Gasteiger charge is 2.31. The molecule has 1 aromatic rings. The highest BCUT2D eigenvalue weighted by Crippen LogP contribution is 2.43. The van der Waals surface area contributed by atoms with Crippen molar-refractivity contribution in [2.24, 2.45) is 0 Å². The number of carboxylic acids is 1.